The van der Waals surface area contributed by atoms with Gasteiger partial charge in [-0.25, -0.2) is 9.67 Å². The van der Waals surface area contributed by atoms with E-state index >= 15 is 0 Å². The predicted molar refractivity (Wildman–Crippen MR) is 70.2 cm³/mol. The number of pyridine rings is 1. The molecule has 0 aliphatic rings. The predicted octanol–water partition coefficient (Wildman–Crippen LogP) is 2.67. The van der Waals surface area contributed by atoms with Gasteiger partial charge in [0, 0.05) is 17.5 Å². The minimum atomic E-state index is 0.494. The van der Waals surface area contributed by atoms with Gasteiger partial charge < -0.3 is 5.73 Å². The molecule has 0 radical (unpaired) electrons. The van der Waals surface area contributed by atoms with Gasteiger partial charge >= 0.3 is 0 Å². The van der Waals surface area contributed by atoms with Crippen LogP contribution in [0.3, 0.4) is 0 Å². The summed E-state index contributed by atoms with van der Waals surface area (Å²) in [6.07, 6.45) is 0. The first kappa shape index (κ1) is 10.4. The normalized spacial score (nSPS) is 11.5. The van der Waals surface area contributed by atoms with E-state index in [1.807, 2.05) is 32.2 Å². The smallest absolute Gasteiger partial charge is 0.160 e. The zero-order chi connectivity index (χ0) is 12.2. The van der Waals surface area contributed by atoms with E-state index in [9.17, 15) is 0 Å². The van der Waals surface area contributed by atoms with Crippen molar-refractivity contribution in [3.05, 3.63) is 28.8 Å². The molecule has 0 spiro atoms. The molecule has 0 saturated carbocycles. The monoisotopic (exact) mass is 246 g/mol. The minimum Gasteiger partial charge on any atom is -0.382 e. The average molecular weight is 247 g/mol. The molecule has 0 amide bonds. The fourth-order valence-corrected chi connectivity index (χ4v) is 2.16. The Labute approximate surface area is 103 Å². The van der Waals surface area contributed by atoms with Gasteiger partial charge in [0.15, 0.2) is 11.5 Å². The van der Waals surface area contributed by atoms with Crippen molar-refractivity contribution in [3.8, 4) is 0 Å². The van der Waals surface area contributed by atoms with Crippen molar-refractivity contribution in [3.63, 3.8) is 0 Å². The second kappa shape index (κ2) is 3.34. The number of nitrogens with two attached hydrogens (primary N) is 1. The lowest BCUT2D eigenvalue weighted by Gasteiger charge is -2.02. The van der Waals surface area contributed by atoms with Crippen LogP contribution in [0, 0.1) is 6.92 Å². The van der Waals surface area contributed by atoms with E-state index in [1.54, 1.807) is 4.68 Å². The molecule has 86 valence electrons. The number of halogens is 1. The molecular formula is C12H11ClN4. The van der Waals surface area contributed by atoms with Crippen LogP contribution in [0.2, 0.25) is 5.02 Å². The maximum Gasteiger partial charge on any atom is 0.160 e. The number of rotatable bonds is 0. The molecule has 3 aromatic rings. The molecule has 2 aromatic heterocycles. The average Bonchev–Trinajstić information content (AvgIpc) is 2.54. The third-order valence-corrected chi connectivity index (χ3v) is 3.32. The summed E-state index contributed by atoms with van der Waals surface area (Å²) in [5.74, 6) is 0.494. The summed E-state index contributed by atoms with van der Waals surface area (Å²) in [5.41, 5.74) is 8.54. The van der Waals surface area contributed by atoms with Gasteiger partial charge in [-0.1, -0.05) is 11.6 Å². The zero-order valence-corrected chi connectivity index (χ0v) is 10.3. The van der Waals surface area contributed by atoms with E-state index in [2.05, 4.69) is 10.1 Å². The Balaban J connectivity index is 2.50. The summed E-state index contributed by atoms with van der Waals surface area (Å²) < 4.78 is 1.69. The molecule has 0 bridgehead atoms. The van der Waals surface area contributed by atoms with Gasteiger partial charge in [0.05, 0.1) is 10.9 Å². The van der Waals surface area contributed by atoms with Crippen molar-refractivity contribution >= 4 is 39.4 Å². The first-order valence-corrected chi connectivity index (χ1v) is 5.63. The fraction of sp³-hybridized carbons (Fsp3) is 0.167. The topological polar surface area (TPSA) is 56.7 Å². The number of benzene rings is 1. The number of fused-ring (bicyclic) bond motifs is 2. The van der Waals surface area contributed by atoms with E-state index < -0.39 is 0 Å². The van der Waals surface area contributed by atoms with Crippen LogP contribution in [-0.4, -0.2) is 14.8 Å². The van der Waals surface area contributed by atoms with Crippen molar-refractivity contribution in [1.82, 2.24) is 14.8 Å². The van der Waals surface area contributed by atoms with Crippen molar-refractivity contribution in [2.75, 3.05) is 5.73 Å². The molecule has 0 aliphatic carbocycles. The molecule has 0 unspecified atom stereocenters. The van der Waals surface area contributed by atoms with Crippen LogP contribution < -0.4 is 5.73 Å². The van der Waals surface area contributed by atoms with Crippen LogP contribution in [0.25, 0.3) is 21.9 Å². The summed E-state index contributed by atoms with van der Waals surface area (Å²) in [5, 5.41) is 6.73. The van der Waals surface area contributed by atoms with Gasteiger partial charge in [0.2, 0.25) is 0 Å². The lowest BCUT2D eigenvalue weighted by atomic mass is 10.1. The Morgan fingerprint density at radius 2 is 2.06 bits per heavy atom. The van der Waals surface area contributed by atoms with Crippen molar-refractivity contribution in [2.45, 2.75) is 6.92 Å². The fourth-order valence-electron chi connectivity index (χ4n) is 1.99. The third-order valence-electron chi connectivity index (χ3n) is 2.92. The highest BCUT2D eigenvalue weighted by Gasteiger charge is 2.09. The van der Waals surface area contributed by atoms with Gasteiger partial charge in [-0.05, 0) is 30.7 Å². The standard InChI is InChI=1S/C12H11ClN4/c1-6-3-10-7(5-9(6)13)4-8-11(14)16-17(2)12(8)15-10/h3-5H,1-2H3,(H2,14,16). The molecule has 1 aromatic carbocycles. The molecule has 2 heterocycles. The van der Waals surface area contributed by atoms with Gasteiger partial charge in [-0.15, -0.1) is 0 Å². The SMILES string of the molecule is Cc1cc2nc3c(cc2cc1Cl)c(N)nn3C. The molecule has 0 aliphatic heterocycles. The van der Waals surface area contributed by atoms with E-state index in [1.165, 1.54) is 0 Å². The van der Waals surface area contributed by atoms with Crippen molar-refractivity contribution in [1.29, 1.82) is 0 Å². The largest absolute Gasteiger partial charge is 0.382 e. The Bertz CT molecular complexity index is 684. The molecule has 0 saturated heterocycles. The van der Waals surface area contributed by atoms with Crippen LogP contribution >= 0.6 is 11.6 Å². The number of aromatic nitrogens is 3. The summed E-state index contributed by atoms with van der Waals surface area (Å²) >= 11 is 6.10. The Morgan fingerprint density at radius 1 is 1.29 bits per heavy atom. The minimum absolute atomic E-state index is 0.494. The zero-order valence-electron chi connectivity index (χ0n) is 9.53. The highest BCUT2D eigenvalue weighted by molar-refractivity contribution is 6.32. The van der Waals surface area contributed by atoms with Crippen LogP contribution in [0.4, 0.5) is 5.82 Å². The maximum absolute atomic E-state index is 6.10. The Morgan fingerprint density at radius 3 is 2.82 bits per heavy atom. The molecule has 17 heavy (non-hydrogen) atoms. The number of anilines is 1. The van der Waals surface area contributed by atoms with Crippen molar-refractivity contribution < 1.29 is 0 Å². The van der Waals surface area contributed by atoms with Gasteiger partial charge in [0.1, 0.15) is 0 Å². The van der Waals surface area contributed by atoms with Crippen molar-refractivity contribution in [2.24, 2.45) is 7.05 Å². The lowest BCUT2D eigenvalue weighted by molar-refractivity contribution is 0.792. The summed E-state index contributed by atoms with van der Waals surface area (Å²) in [6.45, 7) is 1.96. The van der Waals surface area contributed by atoms with E-state index in [0.29, 0.717) is 5.82 Å². The maximum atomic E-state index is 6.10. The first-order chi connectivity index (χ1) is 8.06. The number of hydrogen-bond donors (Lipinski definition) is 1. The number of aryl methyl sites for hydroxylation is 2. The van der Waals surface area contributed by atoms with Gasteiger partial charge in [-0.2, -0.15) is 5.10 Å². The Hall–Kier alpha value is -1.81. The van der Waals surface area contributed by atoms with Crippen LogP contribution in [0.5, 0.6) is 0 Å². The van der Waals surface area contributed by atoms with E-state index in [4.69, 9.17) is 17.3 Å². The van der Waals surface area contributed by atoms with Crippen LogP contribution in [0.1, 0.15) is 5.56 Å². The van der Waals surface area contributed by atoms with E-state index in [0.717, 1.165) is 32.5 Å². The van der Waals surface area contributed by atoms with Gasteiger partial charge in [-0.3, -0.25) is 0 Å². The first-order valence-electron chi connectivity index (χ1n) is 5.25. The molecule has 0 atom stereocenters. The lowest BCUT2D eigenvalue weighted by Crippen LogP contribution is -1.93. The molecule has 5 heteroatoms. The molecule has 0 fully saturated rings. The quantitative estimate of drug-likeness (QED) is 0.664. The number of nitrogens with zero attached hydrogens (tertiary/aromatic N) is 3. The second-order valence-corrected chi connectivity index (χ2v) is 4.57. The highest BCUT2D eigenvalue weighted by Crippen LogP contribution is 2.27. The number of nitrogen functional groups attached to an aromatic ring is 1. The molecule has 4 nitrogen and oxygen atoms in total. The molecule has 2 N–H and O–H groups in total. The summed E-state index contributed by atoms with van der Waals surface area (Å²) in [4.78, 5) is 4.56. The summed E-state index contributed by atoms with van der Waals surface area (Å²) in [6, 6.07) is 5.86. The Kier molecular flexibility index (Phi) is 2.03. The van der Waals surface area contributed by atoms with Crippen LogP contribution in [-0.2, 0) is 7.05 Å². The van der Waals surface area contributed by atoms with E-state index in [-0.39, 0.29) is 0 Å². The van der Waals surface area contributed by atoms with Crippen LogP contribution in [0.15, 0.2) is 18.2 Å². The molecular weight excluding hydrogens is 236 g/mol. The highest BCUT2D eigenvalue weighted by atomic mass is 35.5. The second-order valence-electron chi connectivity index (χ2n) is 4.16. The summed E-state index contributed by atoms with van der Waals surface area (Å²) in [7, 11) is 1.83. The third kappa shape index (κ3) is 1.45. The van der Waals surface area contributed by atoms with Gasteiger partial charge in [0.25, 0.3) is 0 Å². The number of hydrogen-bond acceptors (Lipinski definition) is 3. The molecule has 3 rings (SSSR count).